The summed E-state index contributed by atoms with van der Waals surface area (Å²) >= 11 is 0. The lowest BCUT2D eigenvalue weighted by molar-refractivity contribution is 0.0883. The van der Waals surface area contributed by atoms with Gasteiger partial charge >= 0.3 is 0 Å². The van der Waals surface area contributed by atoms with Crippen LogP contribution in [-0.4, -0.2) is 47.2 Å². The van der Waals surface area contributed by atoms with Crippen LogP contribution in [0.25, 0.3) is 10.8 Å². The molecule has 5 nitrogen and oxygen atoms in total. The van der Waals surface area contributed by atoms with Crippen LogP contribution in [-0.2, 0) is 6.54 Å². The summed E-state index contributed by atoms with van der Waals surface area (Å²) in [5, 5.41) is 2.55. The zero-order valence-electron chi connectivity index (χ0n) is 20.9. The Bertz CT molecular complexity index is 1080. The van der Waals surface area contributed by atoms with E-state index in [1.807, 2.05) is 6.20 Å². The summed E-state index contributed by atoms with van der Waals surface area (Å²) in [6.45, 7) is 12.2. The number of rotatable bonds is 5. The lowest BCUT2D eigenvalue weighted by Gasteiger charge is -2.37. The highest BCUT2D eigenvalue weighted by molar-refractivity contribution is 5.84. The van der Waals surface area contributed by atoms with Crippen LogP contribution in [0.5, 0.6) is 5.75 Å². The van der Waals surface area contributed by atoms with Gasteiger partial charge in [0.15, 0.2) is 0 Å². The number of piperazine rings is 1. The molecule has 2 aliphatic rings. The Morgan fingerprint density at radius 2 is 1.62 bits per heavy atom. The van der Waals surface area contributed by atoms with E-state index in [2.05, 4.69) is 76.9 Å². The molecular weight excluding hydrogens is 420 g/mol. The molecule has 34 heavy (non-hydrogen) atoms. The summed E-state index contributed by atoms with van der Waals surface area (Å²) in [4.78, 5) is 13.5. The SMILES string of the molecule is CC(C)(C)C1CCC(Oc2ccc3cc(CN4CCN(c5cnccn5)CC4)ccc3c2)CC1. The van der Waals surface area contributed by atoms with Crippen molar-refractivity contribution in [2.75, 3.05) is 31.1 Å². The number of fused-ring (bicyclic) bond motifs is 1. The zero-order chi connectivity index (χ0) is 23.5. The molecule has 1 saturated carbocycles. The van der Waals surface area contributed by atoms with E-state index in [1.165, 1.54) is 42.0 Å². The lowest BCUT2D eigenvalue weighted by Crippen LogP contribution is -2.46. The van der Waals surface area contributed by atoms with Gasteiger partial charge in [0.05, 0.1) is 12.3 Å². The van der Waals surface area contributed by atoms with Gasteiger partial charge < -0.3 is 9.64 Å². The number of aromatic nitrogens is 2. The van der Waals surface area contributed by atoms with Gasteiger partial charge in [0.25, 0.3) is 0 Å². The van der Waals surface area contributed by atoms with Crippen molar-refractivity contribution < 1.29 is 4.74 Å². The maximum Gasteiger partial charge on any atom is 0.147 e. The standard InChI is InChI=1S/C29H38N4O/c1-29(2,3)25-7-10-26(11-8-25)34-27-9-6-23-18-22(4-5-24(23)19-27)21-32-14-16-33(17-15-32)28-20-30-12-13-31-28/h4-6,9,12-13,18-20,25-26H,7-8,10-11,14-17,21H2,1-3H3. The van der Waals surface area contributed by atoms with Gasteiger partial charge in [-0.05, 0) is 71.6 Å². The quantitative estimate of drug-likeness (QED) is 0.474. The molecule has 3 aromatic rings. The first kappa shape index (κ1) is 23.1. The topological polar surface area (TPSA) is 41.5 Å². The molecule has 1 aliphatic carbocycles. The van der Waals surface area contributed by atoms with Gasteiger partial charge in [-0.25, -0.2) is 4.98 Å². The molecule has 2 aromatic carbocycles. The highest BCUT2D eigenvalue weighted by Crippen LogP contribution is 2.39. The van der Waals surface area contributed by atoms with Gasteiger partial charge in [0.2, 0.25) is 0 Å². The van der Waals surface area contributed by atoms with Gasteiger partial charge in [-0.2, -0.15) is 0 Å². The van der Waals surface area contributed by atoms with Crippen molar-refractivity contribution in [3.63, 3.8) is 0 Å². The van der Waals surface area contributed by atoms with Crippen LogP contribution in [0.15, 0.2) is 55.0 Å². The van der Waals surface area contributed by atoms with Crippen molar-refractivity contribution in [3.8, 4) is 5.75 Å². The summed E-state index contributed by atoms with van der Waals surface area (Å²) in [6.07, 6.45) is 10.6. The van der Waals surface area contributed by atoms with Crippen molar-refractivity contribution >= 4 is 16.6 Å². The van der Waals surface area contributed by atoms with Gasteiger partial charge in [-0.3, -0.25) is 9.88 Å². The summed E-state index contributed by atoms with van der Waals surface area (Å²) < 4.78 is 6.40. The summed E-state index contributed by atoms with van der Waals surface area (Å²) in [6, 6.07) is 13.5. The second-order valence-corrected chi connectivity index (χ2v) is 11.1. The van der Waals surface area contributed by atoms with E-state index in [9.17, 15) is 0 Å². The first-order valence-corrected chi connectivity index (χ1v) is 12.9. The fourth-order valence-electron chi connectivity index (χ4n) is 5.53. The van der Waals surface area contributed by atoms with Crippen LogP contribution in [0.4, 0.5) is 5.82 Å². The van der Waals surface area contributed by atoms with E-state index in [0.717, 1.165) is 50.2 Å². The average molecular weight is 459 g/mol. The van der Waals surface area contributed by atoms with E-state index < -0.39 is 0 Å². The number of nitrogens with zero attached hydrogens (tertiary/aromatic N) is 4. The molecule has 0 atom stereocenters. The van der Waals surface area contributed by atoms with Gasteiger partial charge in [0.1, 0.15) is 11.6 Å². The number of anilines is 1. The Kier molecular flexibility index (Phi) is 6.73. The van der Waals surface area contributed by atoms with E-state index in [0.29, 0.717) is 11.5 Å². The third-order valence-corrected chi connectivity index (χ3v) is 7.73. The van der Waals surface area contributed by atoms with Crippen LogP contribution in [0.1, 0.15) is 52.0 Å². The molecule has 1 aliphatic heterocycles. The van der Waals surface area contributed by atoms with Crippen LogP contribution >= 0.6 is 0 Å². The number of benzene rings is 2. The van der Waals surface area contributed by atoms with Crippen molar-refractivity contribution in [2.24, 2.45) is 11.3 Å². The summed E-state index contributed by atoms with van der Waals surface area (Å²) in [7, 11) is 0. The first-order valence-electron chi connectivity index (χ1n) is 12.9. The fraction of sp³-hybridized carbons (Fsp3) is 0.517. The smallest absolute Gasteiger partial charge is 0.147 e. The molecule has 0 amide bonds. The van der Waals surface area contributed by atoms with Crippen LogP contribution in [0.2, 0.25) is 0 Å². The van der Waals surface area contributed by atoms with E-state index in [-0.39, 0.29) is 0 Å². The Labute approximate surface area is 204 Å². The molecule has 0 unspecified atom stereocenters. The van der Waals surface area contributed by atoms with Crippen molar-refractivity contribution in [3.05, 3.63) is 60.6 Å². The molecule has 5 heteroatoms. The third-order valence-electron chi connectivity index (χ3n) is 7.73. The molecule has 180 valence electrons. The largest absolute Gasteiger partial charge is 0.490 e. The molecule has 2 heterocycles. The summed E-state index contributed by atoms with van der Waals surface area (Å²) in [5.74, 6) is 2.81. The van der Waals surface area contributed by atoms with E-state index in [4.69, 9.17) is 4.74 Å². The maximum atomic E-state index is 6.40. The minimum atomic E-state index is 0.357. The molecule has 0 spiro atoms. The number of hydrogen-bond donors (Lipinski definition) is 0. The second kappa shape index (κ2) is 9.91. The number of ether oxygens (including phenoxy) is 1. The van der Waals surface area contributed by atoms with Crippen LogP contribution in [0.3, 0.4) is 0 Å². The molecule has 1 saturated heterocycles. The van der Waals surface area contributed by atoms with Crippen LogP contribution < -0.4 is 9.64 Å². The Hall–Kier alpha value is -2.66. The number of hydrogen-bond acceptors (Lipinski definition) is 5. The predicted molar refractivity (Wildman–Crippen MR) is 139 cm³/mol. The second-order valence-electron chi connectivity index (χ2n) is 11.1. The van der Waals surface area contributed by atoms with Crippen molar-refractivity contribution in [1.82, 2.24) is 14.9 Å². The Balaban J connectivity index is 1.16. The monoisotopic (exact) mass is 458 g/mol. The van der Waals surface area contributed by atoms with Crippen molar-refractivity contribution in [2.45, 2.75) is 59.1 Å². The molecule has 5 rings (SSSR count). The zero-order valence-corrected chi connectivity index (χ0v) is 20.9. The van der Waals surface area contributed by atoms with E-state index in [1.54, 1.807) is 12.4 Å². The minimum Gasteiger partial charge on any atom is -0.490 e. The van der Waals surface area contributed by atoms with Crippen LogP contribution in [0, 0.1) is 11.3 Å². The van der Waals surface area contributed by atoms with Gasteiger partial charge in [0, 0.05) is 45.1 Å². The molecule has 2 fully saturated rings. The normalized spacial score (nSPS) is 22.1. The molecule has 0 bridgehead atoms. The predicted octanol–water partition coefficient (Wildman–Crippen LogP) is 5.94. The Morgan fingerprint density at radius 3 is 2.32 bits per heavy atom. The van der Waals surface area contributed by atoms with Gasteiger partial charge in [-0.15, -0.1) is 0 Å². The highest BCUT2D eigenvalue weighted by Gasteiger charge is 2.30. The lowest BCUT2D eigenvalue weighted by atomic mass is 9.72. The minimum absolute atomic E-state index is 0.357. The van der Waals surface area contributed by atoms with Crippen molar-refractivity contribution in [1.29, 1.82) is 0 Å². The molecule has 0 N–H and O–H groups in total. The Morgan fingerprint density at radius 1 is 0.882 bits per heavy atom. The average Bonchev–Trinajstić information content (AvgIpc) is 2.85. The highest BCUT2D eigenvalue weighted by atomic mass is 16.5. The summed E-state index contributed by atoms with van der Waals surface area (Å²) in [5.41, 5.74) is 1.78. The molecular formula is C29H38N4O. The first-order chi connectivity index (χ1) is 16.4. The third kappa shape index (κ3) is 5.52. The fourth-order valence-corrected chi connectivity index (χ4v) is 5.53. The molecule has 0 radical (unpaired) electrons. The molecule has 1 aromatic heterocycles. The van der Waals surface area contributed by atoms with E-state index >= 15 is 0 Å². The maximum absolute atomic E-state index is 6.40. The van der Waals surface area contributed by atoms with Gasteiger partial charge in [-0.1, -0.05) is 39.0 Å².